The van der Waals surface area contributed by atoms with Gasteiger partial charge in [0, 0.05) is 18.3 Å². The first-order valence-electron chi connectivity index (χ1n) is 6.10. The maximum absolute atomic E-state index is 10.8. The average Bonchev–Trinajstić information content (AvgIpc) is 2.39. The lowest BCUT2D eigenvalue weighted by Crippen LogP contribution is -2.22. The molecule has 0 saturated heterocycles. The highest BCUT2D eigenvalue weighted by atomic mass is 32.2. The Morgan fingerprint density at radius 3 is 2.40 bits per heavy atom. The second kappa shape index (κ2) is 6.40. The minimum absolute atomic E-state index is 0.114. The molecule has 5 nitrogen and oxygen atoms in total. The number of nitrogens with one attached hydrogen (secondary N) is 1. The molecule has 0 amide bonds. The molecule has 0 saturated carbocycles. The zero-order valence-electron chi connectivity index (χ0n) is 10.8. The Labute approximate surface area is 118 Å². The van der Waals surface area contributed by atoms with Crippen molar-refractivity contribution in [1.29, 1.82) is 0 Å². The van der Waals surface area contributed by atoms with E-state index in [1.165, 1.54) is 0 Å². The molecule has 0 aromatic heterocycles. The molecule has 2 aromatic rings. The number of anilines is 1. The molecule has 0 aliphatic heterocycles. The largest absolute Gasteiger partial charge is 0.457 e. The van der Waals surface area contributed by atoms with Gasteiger partial charge in [-0.15, -0.1) is 0 Å². The molecule has 2 rings (SSSR count). The summed E-state index contributed by atoms with van der Waals surface area (Å²) < 4.78 is 27.4. The Morgan fingerprint density at radius 2 is 1.70 bits per heavy atom. The monoisotopic (exact) mass is 292 g/mol. The minimum Gasteiger partial charge on any atom is -0.457 e. The standard InChI is InChI=1S/C14H16N2O3S/c15-20(17,18)10-9-16-12-5-4-8-14(11-12)19-13-6-2-1-3-7-13/h1-8,11,16H,9-10H2,(H2,15,17,18). The highest BCUT2D eigenvalue weighted by molar-refractivity contribution is 7.89. The summed E-state index contributed by atoms with van der Waals surface area (Å²) in [7, 11) is -3.45. The number of benzene rings is 2. The predicted octanol–water partition coefficient (Wildman–Crippen LogP) is 2.18. The van der Waals surface area contributed by atoms with Gasteiger partial charge in [0.1, 0.15) is 11.5 Å². The topological polar surface area (TPSA) is 81.4 Å². The number of rotatable bonds is 6. The molecule has 0 radical (unpaired) electrons. The van der Waals surface area contributed by atoms with Gasteiger partial charge in [0.15, 0.2) is 0 Å². The van der Waals surface area contributed by atoms with Crippen molar-refractivity contribution < 1.29 is 13.2 Å². The van der Waals surface area contributed by atoms with Crippen molar-refractivity contribution in [1.82, 2.24) is 0 Å². The van der Waals surface area contributed by atoms with Crippen LogP contribution in [0.25, 0.3) is 0 Å². The molecule has 0 fully saturated rings. The van der Waals surface area contributed by atoms with Crippen molar-refractivity contribution >= 4 is 15.7 Å². The smallest absolute Gasteiger partial charge is 0.210 e. The molecule has 0 aliphatic carbocycles. The Hall–Kier alpha value is -2.05. The summed E-state index contributed by atoms with van der Waals surface area (Å²) in [5.41, 5.74) is 0.780. The summed E-state index contributed by atoms with van der Waals surface area (Å²) in [6.07, 6.45) is 0. The third-order valence-corrected chi connectivity index (χ3v) is 3.30. The Balaban J connectivity index is 1.97. The van der Waals surface area contributed by atoms with Crippen LogP contribution in [0.5, 0.6) is 11.5 Å². The van der Waals surface area contributed by atoms with Gasteiger partial charge in [-0.2, -0.15) is 0 Å². The normalized spacial score (nSPS) is 11.1. The average molecular weight is 292 g/mol. The van der Waals surface area contributed by atoms with E-state index in [2.05, 4.69) is 5.32 Å². The lowest BCUT2D eigenvalue weighted by atomic mass is 10.3. The Bertz CT molecular complexity index is 657. The van der Waals surface area contributed by atoms with Crippen molar-refractivity contribution in [2.45, 2.75) is 0 Å². The molecule has 0 spiro atoms. The van der Waals surface area contributed by atoms with Crippen molar-refractivity contribution in [2.75, 3.05) is 17.6 Å². The molecule has 0 unspecified atom stereocenters. The third-order valence-electron chi connectivity index (χ3n) is 2.53. The number of primary sulfonamides is 1. The number of hydrogen-bond donors (Lipinski definition) is 2. The van der Waals surface area contributed by atoms with Crippen LogP contribution in [0.3, 0.4) is 0 Å². The number of hydrogen-bond acceptors (Lipinski definition) is 4. The molecule has 0 bridgehead atoms. The highest BCUT2D eigenvalue weighted by Gasteiger charge is 2.02. The summed E-state index contributed by atoms with van der Waals surface area (Å²) in [6.45, 7) is 0.258. The summed E-state index contributed by atoms with van der Waals surface area (Å²) in [6, 6.07) is 16.7. The quantitative estimate of drug-likeness (QED) is 0.855. The van der Waals surface area contributed by atoms with Crippen molar-refractivity contribution in [3.63, 3.8) is 0 Å². The second-order valence-electron chi connectivity index (χ2n) is 4.24. The summed E-state index contributed by atoms with van der Waals surface area (Å²) in [5.74, 6) is 1.31. The van der Waals surface area contributed by atoms with Gasteiger partial charge >= 0.3 is 0 Å². The van der Waals surface area contributed by atoms with Crippen LogP contribution < -0.4 is 15.2 Å². The van der Waals surface area contributed by atoms with E-state index >= 15 is 0 Å². The lowest BCUT2D eigenvalue weighted by Gasteiger charge is -2.09. The third kappa shape index (κ3) is 4.91. The lowest BCUT2D eigenvalue weighted by molar-refractivity contribution is 0.483. The van der Waals surface area contributed by atoms with E-state index in [1.54, 1.807) is 6.07 Å². The van der Waals surface area contributed by atoms with Gasteiger partial charge in [0.05, 0.1) is 5.75 Å². The molecule has 6 heteroatoms. The van der Waals surface area contributed by atoms with Crippen LogP contribution in [-0.2, 0) is 10.0 Å². The van der Waals surface area contributed by atoms with E-state index in [0.29, 0.717) is 5.75 Å². The second-order valence-corrected chi connectivity index (χ2v) is 5.97. The van der Waals surface area contributed by atoms with E-state index in [9.17, 15) is 8.42 Å². The van der Waals surface area contributed by atoms with Crippen molar-refractivity contribution in [3.8, 4) is 11.5 Å². The zero-order chi connectivity index (χ0) is 14.4. The zero-order valence-corrected chi connectivity index (χ0v) is 11.6. The molecule has 0 atom stereocenters. The van der Waals surface area contributed by atoms with Crippen LogP contribution in [0, 0.1) is 0 Å². The fraction of sp³-hybridized carbons (Fsp3) is 0.143. The van der Waals surface area contributed by atoms with Gasteiger partial charge in [0.2, 0.25) is 10.0 Å². The molecular formula is C14H16N2O3S. The molecular weight excluding hydrogens is 276 g/mol. The fourth-order valence-corrected chi connectivity index (χ4v) is 2.02. The van der Waals surface area contributed by atoms with Crippen LogP contribution in [0.15, 0.2) is 54.6 Å². The number of ether oxygens (including phenoxy) is 1. The van der Waals surface area contributed by atoms with Crippen LogP contribution in [0.2, 0.25) is 0 Å². The van der Waals surface area contributed by atoms with Crippen molar-refractivity contribution in [2.24, 2.45) is 5.14 Å². The fourth-order valence-electron chi connectivity index (χ4n) is 1.63. The van der Waals surface area contributed by atoms with Gasteiger partial charge in [-0.3, -0.25) is 0 Å². The maximum atomic E-state index is 10.8. The van der Waals surface area contributed by atoms with Crippen LogP contribution >= 0.6 is 0 Å². The van der Waals surface area contributed by atoms with Gasteiger partial charge in [-0.25, -0.2) is 13.6 Å². The first kappa shape index (κ1) is 14.4. The van der Waals surface area contributed by atoms with E-state index in [4.69, 9.17) is 9.88 Å². The maximum Gasteiger partial charge on any atom is 0.210 e. The molecule has 3 N–H and O–H groups in total. The summed E-state index contributed by atoms with van der Waals surface area (Å²) in [5, 5.41) is 7.93. The minimum atomic E-state index is -3.45. The van der Waals surface area contributed by atoms with Gasteiger partial charge in [-0.05, 0) is 24.3 Å². The summed E-state index contributed by atoms with van der Waals surface area (Å²) in [4.78, 5) is 0. The molecule has 0 heterocycles. The highest BCUT2D eigenvalue weighted by Crippen LogP contribution is 2.23. The number of para-hydroxylation sites is 1. The first-order valence-corrected chi connectivity index (χ1v) is 7.82. The molecule has 106 valence electrons. The van der Waals surface area contributed by atoms with Crippen LogP contribution in [0.4, 0.5) is 5.69 Å². The molecule has 0 aliphatic rings. The van der Waals surface area contributed by atoms with E-state index < -0.39 is 10.0 Å². The summed E-state index contributed by atoms with van der Waals surface area (Å²) >= 11 is 0. The predicted molar refractivity (Wildman–Crippen MR) is 79.4 cm³/mol. The van der Waals surface area contributed by atoms with Gasteiger partial charge < -0.3 is 10.1 Å². The number of sulfonamides is 1. The number of nitrogens with two attached hydrogens (primary N) is 1. The van der Waals surface area contributed by atoms with Crippen LogP contribution in [-0.4, -0.2) is 20.7 Å². The van der Waals surface area contributed by atoms with Gasteiger partial charge in [0.25, 0.3) is 0 Å². The van der Waals surface area contributed by atoms with Gasteiger partial charge in [-0.1, -0.05) is 24.3 Å². The molecule has 2 aromatic carbocycles. The Kier molecular flexibility index (Phi) is 4.60. The first-order chi connectivity index (χ1) is 9.53. The Morgan fingerprint density at radius 1 is 1.00 bits per heavy atom. The SMILES string of the molecule is NS(=O)(=O)CCNc1cccc(Oc2ccccc2)c1. The van der Waals surface area contributed by atoms with E-state index in [1.807, 2.05) is 48.5 Å². The molecule has 20 heavy (non-hydrogen) atoms. The van der Waals surface area contributed by atoms with E-state index in [0.717, 1.165) is 11.4 Å². The van der Waals surface area contributed by atoms with Crippen molar-refractivity contribution in [3.05, 3.63) is 54.6 Å². The van der Waals surface area contributed by atoms with Crippen LogP contribution in [0.1, 0.15) is 0 Å². The van der Waals surface area contributed by atoms with E-state index in [-0.39, 0.29) is 12.3 Å².